The zero-order valence-corrected chi connectivity index (χ0v) is 20.5. The zero-order valence-electron chi connectivity index (χ0n) is 18.9. The Kier molecular flexibility index (Phi) is 6.81. The molecule has 1 amide bonds. The third-order valence-corrected chi connectivity index (χ3v) is 8.67. The van der Waals surface area contributed by atoms with E-state index in [4.69, 9.17) is 0 Å². The SMILES string of the molecule is Cc1ccc2nc(N(CCN(C)C)C(=O)C3CCCN3S(=O)(=O)c3ccc(F)cc3)sc2c1. The summed E-state index contributed by atoms with van der Waals surface area (Å²) in [6, 6.07) is 9.83. The molecule has 1 aromatic heterocycles. The highest BCUT2D eigenvalue weighted by Crippen LogP contribution is 2.33. The minimum atomic E-state index is -3.94. The van der Waals surface area contributed by atoms with E-state index >= 15 is 0 Å². The van der Waals surface area contributed by atoms with Crippen LogP contribution in [0, 0.1) is 12.7 Å². The van der Waals surface area contributed by atoms with Crippen molar-refractivity contribution in [1.82, 2.24) is 14.2 Å². The number of carbonyl (C=O) groups is 1. The molecule has 1 fully saturated rings. The number of carbonyl (C=O) groups excluding carboxylic acids is 1. The maximum Gasteiger partial charge on any atom is 0.247 e. The Labute approximate surface area is 197 Å². The lowest BCUT2D eigenvalue weighted by molar-refractivity contribution is -0.121. The van der Waals surface area contributed by atoms with Gasteiger partial charge in [-0.25, -0.2) is 17.8 Å². The summed E-state index contributed by atoms with van der Waals surface area (Å²) in [6.07, 6.45) is 1.01. The number of hydrogen-bond donors (Lipinski definition) is 0. The van der Waals surface area contributed by atoms with E-state index in [0.29, 0.717) is 31.1 Å². The Morgan fingerprint density at radius 2 is 1.91 bits per heavy atom. The molecular formula is C23H27FN4O3S2. The number of halogens is 1. The molecule has 0 N–H and O–H groups in total. The number of anilines is 1. The Hall–Kier alpha value is -2.40. The summed E-state index contributed by atoms with van der Waals surface area (Å²) in [4.78, 5) is 22.0. The number of nitrogens with zero attached hydrogens (tertiary/aromatic N) is 4. The second kappa shape index (κ2) is 9.46. The minimum Gasteiger partial charge on any atom is -0.308 e. The standard InChI is InChI=1S/C23H27FN4O3S2/c1-16-6-11-19-21(15-16)32-23(25-19)27(14-13-26(2)3)22(29)20-5-4-12-28(20)33(30,31)18-9-7-17(24)8-10-18/h6-11,15,20H,4-5,12-14H2,1-3H3. The van der Waals surface area contributed by atoms with Gasteiger partial charge >= 0.3 is 0 Å². The molecule has 7 nitrogen and oxygen atoms in total. The average Bonchev–Trinajstić information content (AvgIpc) is 3.41. The monoisotopic (exact) mass is 490 g/mol. The van der Waals surface area contributed by atoms with E-state index in [1.165, 1.54) is 27.8 Å². The molecule has 0 saturated carbocycles. The predicted molar refractivity (Wildman–Crippen MR) is 129 cm³/mol. The van der Waals surface area contributed by atoms with Gasteiger partial charge < -0.3 is 4.90 Å². The largest absolute Gasteiger partial charge is 0.308 e. The van der Waals surface area contributed by atoms with E-state index in [9.17, 15) is 17.6 Å². The van der Waals surface area contributed by atoms with Gasteiger partial charge in [0.05, 0.1) is 15.1 Å². The predicted octanol–water partition coefficient (Wildman–Crippen LogP) is 3.49. The summed E-state index contributed by atoms with van der Waals surface area (Å²) in [5.41, 5.74) is 1.92. The molecule has 0 radical (unpaired) electrons. The maximum absolute atomic E-state index is 13.8. The van der Waals surface area contributed by atoms with Crippen molar-refractivity contribution in [3.63, 3.8) is 0 Å². The molecule has 1 atom stereocenters. The summed E-state index contributed by atoms with van der Waals surface area (Å²) in [6.45, 7) is 3.25. The fourth-order valence-corrected chi connectivity index (χ4v) is 6.68. The lowest BCUT2D eigenvalue weighted by atomic mass is 10.2. The number of amides is 1. The fourth-order valence-electron chi connectivity index (χ4n) is 3.93. The van der Waals surface area contributed by atoms with Crippen molar-refractivity contribution in [3.05, 3.63) is 53.8 Å². The van der Waals surface area contributed by atoms with E-state index in [1.54, 1.807) is 4.90 Å². The highest BCUT2D eigenvalue weighted by Gasteiger charge is 2.42. The quantitative estimate of drug-likeness (QED) is 0.507. The first kappa shape index (κ1) is 23.7. The number of sulfonamides is 1. The molecule has 2 heterocycles. The van der Waals surface area contributed by atoms with Crippen molar-refractivity contribution in [1.29, 1.82) is 0 Å². The average molecular weight is 491 g/mol. The Morgan fingerprint density at radius 1 is 1.18 bits per heavy atom. The molecule has 0 spiro atoms. The number of aromatic nitrogens is 1. The molecule has 3 aromatic rings. The van der Waals surface area contributed by atoms with Gasteiger partial charge in [0.2, 0.25) is 15.9 Å². The van der Waals surface area contributed by atoms with Gasteiger partial charge in [-0.05, 0) is 75.8 Å². The van der Waals surface area contributed by atoms with Crippen LogP contribution in [0.4, 0.5) is 9.52 Å². The van der Waals surface area contributed by atoms with Crippen molar-refractivity contribution < 1.29 is 17.6 Å². The number of aryl methyl sites for hydroxylation is 1. The van der Waals surface area contributed by atoms with Crippen LogP contribution in [0.3, 0.4) is 0 Å². The third kappa shape index (κ3) is 4.93. The van der Waals surface area contributed by atoms with E-state index in [-0.39, 0.29) is 17.3 Å². The molecule has 1 aliphatic rings. The lowest BCUT2D eigenvalue weighted by Gasteiger charge is -2.29. The molecule has 1 unspecified atom stereocenters. The van der Waals surface area contributed by atoms with Crippen LogP contribution in [0.2, 0.25) is 0 Å². The second-order valence-electron chi connectivity index (χ2n) is 8.49. The summed E-state index contributed by atoms with van der Waals surface area (Å²) < 4.78 is 42.1. The smallest absolute Gasteiger partial charge is 0.247 e. The first-order chi connectivity index (χ1) is 15.7. The van der Waals surface area contributed by atoms with E-state index in [0.717, 1.165) is 27.9 Å². The molecule has 2 aromatic carbocycles. The number of benzene rings is 2. The van der Waals surface area contributed by atoms with Crippen LogP contribution in [0.5, 0.6) is 0 Å². The first-order valence-corrected chi connectivity index (χ1v) is 13.0. The van der Waals surface area contributed by atoms with Crippen molar-refractivity contribution in [3.8, 4) is 0 Å². The first-order valence-electron chi connectivity index (χ1n) is 10.8. The van der Waals surface area contributed by atoms with Crippen LogP contribution >= 0.6 is 11.3 Å². The number of likely N-dealkylation sites (N-methyl/N-ethyl adjacent to an activating group) is 1. The summed E-state index contributed by atoms with van der Waals surface area (Å²) in [5, 5.41) is 0.563. The van der Waals surface area contributed by atoms with E-state index in [2.05, 4.69) is 4.98 Å². The van der Waals surface area contributed by atoms with Crippen LogP contribution in [0.1, 0.15) is 18.4 Å². The third-order valence-electron chi connectivity index (χ3n) is 5.71. The topological polar surface area (TPSA) is 73.8 Å². The van der Waals surface area contributed by atoms with Crippen LogP contribution in [-0.4, -0.2) is 68.3 Å². The second-order valence-corrected chi connectivity index (χ2v) is 11.4. The van der Waals surface area contributed by atoms with Gasteiger partial charge in [0.15, 0.2) is 5.13 Å². The molecular weight excluding hydrogens is 463 g/mol. The molecule has 1 aliphatic heterocycles. The lowest BCUT2D eigenvalue weighted by Crippen LogP contribution is -2.49. The van der Waals surface area contributed by atoms with Gasteiger partial charge in [-0.15, -0.1) is 0 Å². The number of hydrogen-bond acceptors (Lipinski definition) is 6. The van der Waals surface area contributed by atoms with Crippen LogP contribution in [0.25, 0.3) is 10.2 Å². The van der Waals surface area contributed by atoms with E-state index in [1.807, 2.05) is 44.1 Å². The molecule has 176 valence electrons. The highest BCUT2D eigenvalue weighted by atomic mass is 32.2. The summed E-state index contributed by atoms with van der Waals surface area (Å²) in [5.74, 6) is -0.792. The van der Waals surface area contributed by atoms with Crippen molar-refractivity contribution in [2.45, 2.75) is 30.7 Å². The highest BCUT2D eigenvalue weighted by molar-refractivity contribution is 7.89. The van der Waals surface area contributed by atoms with Gasteiger partial charge in [0.25, 0.3) is 0 Å². The molecule has 10 heteroatoms. The molecule has 33 heavy (non-hydrogen) atoms. The maximum atomic E-state index is 13.8. The zero-order chi connectivity index (χ0) is 23.8. The Balaban J connectivity index is 1.67. The van der Waals surface area contributed by atoms with Crippen molar-refractivity contribution in [2.24, 2.45) is 0 Å². The van der Waals surface area contributed by atoms with E-state index < -0.39 is 21.9 Å². The van der Waals surface area contributed by atoms with Gasteiger partial charge in [0.1, 0.15) is 11.9 Å². The fraction of sp³-hybridized carbons (Fsp3) is 0.391. The van der Waals surface area contributed by atoms with Crippen LogP contribution < -0.4 is 4.90 Å². The minimum absolute atomic E-state index is 0.0149. The Morgan fingerprint density at radius 3 is 2.61 bits per heavy atom. The van der Waals surface area contributed by atoms with Crippen molar-refractivity contribution in [2.75, 3.05) is 38.6 Å². The van der Waals surface area contributed by atoms with Crippen LogP contribution in [0.15, 0.2) is 47.4 Å². The number of thiazole rings is 1. The van der Waals surface area contributed by atoms with Crippen LogP contribution in [-0.2, 0) is 14.8 Å². The molecule has 4 rings (SSSR count). The molecule has 0 aliphatic carbocycles. The van der Waals surface area contributed by atoms with Gasteiger partial charge in [-0.1, -0.05) is 17.4 Å². The van der Waals surface area contributed by atoms with Crippen molar-refractivity contribution >= 4 is 42.6 Å². The summed E-state index contributed by atoms with van der Waals surface area (Å²) in [7, 11) is -0.0914. The van der Waals surface area contributed by atoms with Gasteiger partial charge in [0, 0.05) is 19.6 Å². The molecule has 1 saturated heterocycles. The number of fused-ring (bicyclic) bond motifs is 1. The molecule has 0 bridgehead atoms. The summed E-state index contributed by atoms with van der Waals surface area (Å²) >= 11 is 1.43. The normalized spacial score (nSPS) is 17.2. The van der Waals surface area contributed by atoms with Gasteiger partial charge in [-0.2, -0.15) is 4.31 Å². The van der Waals surface area contributed by atoms with Gasteiger partial charge in [-0.3, -0.25) is 9.69 Å². The number of rotatable bonds is 7. The Bertz CT molecular complexity index is 1260.